The van der Waals surface area contributed by atoms with Gasteiger partial charge in [0.15, 0.2) is 0 Å². The van der Waals surface area contributed by atoms with Crippen molar-refractivity contribution < 1.29 is 9.47 Å². The van der Waals surface area contributed by atoms with Crippen molar-refractivity contribution in [1.29, 1.82) is 0 Å². The van der Waals surface area contributed by atoms with Crippen molar-refractivity contribution in [2.75, 3.05) is 19.8 Å². The molecule has 2 saturated heterocycles. The number of hydrogen-bond donors (Lipinski definition) is 1. The van der Waals surface area contributed by atoms with Crippen LogP contribution in [-0.2, 0) is 9.47 Å². The summed E-state index contributed by atoms with van der Waals surface area (Å²) in [7, 11) is 0. The Morgan fingerprint density at radius 2 is 1.80 bits per heavy atom. The van der Waals surface area contributed by atoms with Crippen molar-refractivity contribution in [3.63, 3.8) is 0 Å². The summed E-state index contributed by atoms with van der Waals surface area (Å²) in [6.07, 6.45) is 4.72. The molecular weight excluding hydrogens is 250 g/mol. The van der Waals surface area contributed by atoms with Gasteiger partial charge in [0.05, 0.1) is 11.2 Å². The third-order valence-electron chi connectivity index (χ3n) is 4.98. The van der Waals surface area contributed by atoms with Crippen molar-refractivity contribution in [3.05, 3.63) is 0 Å². The third kappa shape index (κ3) is 3.75. The van der Waals surface area contributed by atoms with Crippen LogP contribution < -0.4 is 5.32 Å². The maximum Gasteiger partial charge on any atom is 0.0677 e. The molecule has 2 unspecified atom stereocenters. The standard InChI is InChI=1S/C17H33NO2/c1-6-9-18-15(13-7-10-19-11-8-13)14-12-16(2,3)20-17(14,4)5/h13-15,18H,6-12H2,1-5H3. The fourth-order valence-electron chi connectivity index (χ4n) is 4.19. The van der Waals surface area contributed by atoms with Gasteiger partial charge in [0.1, 0.15) is 0 Å². The smallest absolute Gasteiger partial charge is 0.0677 e. The van der Waals surface area contributed by atoms with Crippen molar-refractivity contribution in [2.24, 2.45) is 11.8 Å². The topological polar surface area (TPSA) is 30.5 Å². The van der Waals surface area contributed by atoms with Crippen LogP contribution in [0.25, 0.3) is 0 Å². The molecule has 118 valence electrons. The van der Waals surface area contributed by atoms with Crippen molar-refractivity contribution in [1.82, 2.24) is 5.32 Å². The molecule has 0 aromatic heterocycles. The Hall–Kier alpha value is -0.120. The van der Waals surface area contributed by atoms with E-state index in [1.807, 2.05) is 0 Å². The molecule has 0 bridgehead atoms. The van der Waals surface area contributed by atoms with Crippen LogP contribution in [0, 0.1) is 11.8 Å². The molecular formula is C17H33NO2. The maximum atomic E-state index is 6.33. The molecule has 2 atom stereocenters. The molecule has 0 saturated carbocycles. The number of rotatable bonds is 5. The van der Waals surface area contributed by atoms with Gasteiger partial charge in [-0.05, 0) is 65.8 Å². The van der Waals surface area contributed by atoms with Gasteiger partial charge in [0.2, 0.25) is 0 Å². The molecule has 1 N–H and O–H groups in total. The molecule has 0 radical (unpaired) electrons. The quantitative estimate of drug-likeness (QED) is 0.839. The minimum absolute atomic E-state index is 0.00543. The van der Waals surface area contributed by atoms with Crippen LogP contribution in [0.3, 0.4) is 0 Å². The molecule has 3 nitrogen and oxygen atoms in total. The summed E-state index contributed by atoms with van der Waals surface area (Å²) in [5, 5.41) is 3.84. The van der Waals surface area contributed by atoms with Gasteiger partial charge in [-0.15, -0.1) is 0 Å². The van der Waals surface area contributed by atoms with Crippen LogP contribution in [0.15, 0.2) is 0 Å². The van der Waals surface area contributed by atoms with Crippen LogP contribution in [0.4, 0.5) is 0 Å². The van der Waals surface area contributed by atoms with E-state index in [0.717, 1.165) is 32.1 Å². The summed E-state index contributed by atoms with van der Waals surface area (Å²) in [5.74, 6) is 1.32. The highest BCUT2D eigenvalue weighted by atomic mass is 16.5. The summed E-state index contributed by atoms with van der Waals surface area (Å²) >= 11 is 0. The molecule has 2 fully saturated rings. The number of ether oxygens (including phenoxy) is 2. The van der Waals surface area contributed by atoms with E-state index < -0.39 is 0 Å². The largest absolute Gasteiger partial charge is 0.381 e. The molecule has 2 rings (SSSR count). The van der Waals surface area contributed by atoms with Crippen LogP contribution in [0.5, 0.6) is 0 Å². The van der Waals surface area contributed by atoms with Crippen LogP contribution in [0.2, 0.25) is 0 Å². The predicted molar refractivity (Wildman–Crippen MR) is 83.0 cm³/mol. The summed E-state index contributed by atoms with van der Waals surface area (Å²) in [5.41, 5.74) is -0.0291. The van der Waals surface area contributed by atoms with E-state index in [1.165, 1.54) is 19.3 Å². The Bertz CT molecular complexity index is 308. The molecule has 0 amide bonds. The summed E-state index contributed by atoms with van der Waals surface area (Å²) in [6.45, 7) is 14.2. The molecule has 0 aromatic rings. The lowest BCUT2D eigenvalue weighted by Crippen LogP contribution is -2.50. The van der Waals surface area contributed by atoms with Crippen molar-refractivity contribution >= 4 is 0 Å². The fourth-order valence-corrected chi connectivity index (χ4v) is 4.19. The summed E-state index contributed by atoms with van der Waals surface area (Å²) < 4.78 is 11.9. The van der Waals surface area contributed by atoms with E-state index >= 15 is 0 Å². The molecule has 2 heterocycles. The average Bonchev–Trinajstić information content (AvgIpc) is 2.59. The van der Waals surface area contributed by atoms with Crippen molar-refractivity contribution in [2.45, 2.75) is 77.5 Å². The SMILES string of the molecule is CCCNC(C1CCOCC1)C1CC(C)(C)OC1(C)C. The van der Waals surface area contributed by atoms with Gasteiger partial charge < -0.3 is 14.8 Å². The Kier molecular flexibility index (Phi) is 5.14. The van der Waals surface area contributed by atoms with Gasteiger partial charge in [-0.3, -0.25) is 0 Å². The van der Waals surface area contributed by atoms with Gasteiger partial charge >= 0.3 is 0 Å². The van der Waals surface area contributed by atoms with E-state index in [-0.39, 0.29) is 11.2 Å². The first kappa shape index (κ1) is 16.3. The highest BCUT2D eigenvalue weighted by molar-refractivity contribution is 5.01. The highest BCUT2D eigenvalue weighted by Crippen LogP contribution is 2.45. The Labute approximate surface area is 124 Å². The Morgan fingerprint density at radius 3 is 2.30 bits per heavy atom. The molecule has 0 spiro atoms. The molecule has 2 aliphatic rings. The van der Waals surface area contributed by atoms with E-state index in [4.69, 9.17) is 9.47 Å². The minimum atomic E-state index is -0.0345. The molecule has 20 heavy (non-hydrogen) atoms. The van der Waals surface area contributed by atoms with Crippen LogP contribution in [0.1, 0.15) is 60.3 Å². The molecule has 2 aliphatic heterocycles. The van der Waals surface area contributed by atoms with E-state index in [2.05, 4.69) is 39.9 Å². The minimum Gasteiger partial charge on any atom is -0.381 e. The zero-order chi connectivity index (χ0) is 14.8. The first-order valence-electron chi connectivity index (χ1n) is 8.37. The van der Waals surface area contributed by atoms with Gasteiger partial charge in [-0.25, -0.2) is 0 Å². The first-order valence-corrected chi connectivity index (χ1v) is 8.37. The zero-order valence-electron chi connectivity index (χ0n) is 14.0. The van der Waals surface area contributed by atoms with Gasteiger partial charge in [0, 0.05) is 25.2 Å². The van der Waals surface area contributed by atoms with E-state index in [9.17, 15) is 0 Å². The fraction of sp³-hybridized carbons (Fsp3) is 1.00. The average molecular weight is 283 g/mol. The third-order valence-corrected chi connectivity index (χ3v) is 4.98. The monoisotopic (exact) mass is 283 g/mol. The zero-order valence-corrected chi connectivity index (χ0v) is 14.0. The predicted octanol–water partition coefficient (Wildman–Crippen LogP) is 3.37. The van der Waals surface area contributed by atoms with E-state index in [1.54, 1.807) is 0 Å². The van der Waals surface area contributed by atoms with Crippen LogP contribution in [-0.4, -0.2) is 37.0 Å². The Morgan fingerprint density at radius 1 is 1.15 bits per heavy atom. The lowest BCUT2D eigenvalue weighted by Gasteiger charge is -2.39. The second-order valence-electron chi connectivity index (χ2n) is 7.71. The molecule has 0 aliphatic carbocycles. The molecule has 0 aromatic carbocycles. The van der Waals surface area contributed by atoms with Gasteiger partial charge in [0.25, 0.3) is 0 Å². The van der Waals surface area contributed by atoms with Crippen molar-refractivity contribution in [3.8, 4) is 0 Å². The lowest BCUT2D eigenvalue weighted by atomic mass is 9.74. The Balaban J connectivity index is 2.12. The highest BCUT2D eigenvalue weighted by Gasteiger charge is 2.50. The lowest BCUT2D eigenvalue weighted by molar-refractivity contribution is -0.0817. The summed E-state index contributed by atoms with van der Waals surface area (Å²) in [4.78, 5) is 0. The number of hydrogen-bond acceptors (Lipinski definition) is 3. The second-order valence-corrected chi connectivity index (χ2v) is 7.71. The van der Waals surface area contributed by atoms with E-state index in [0.29, 0.717) is 12.0 Å². The maximum absolute atomic E-state index is 6.33. The second kappa shape index (κ2) is 6.33. The first-order chi connectivity index (χ1) is 9.36. The number of nitrogens with one attached hydrogen (secondary N) is 1. The molecule has 3 heteroatoms. The van der Waals surface area contributed by atoms with Gasteiger partial charge in [-0.1, -0.05) is 6.92 Å². The summed E-state index contributed by atoms with van der Waals surface area (Å²) in [6, 6.07) is 0.565. The van der Waals surface area contributed by atoms with Gasteiger partial charge in [-0.2, -0.15) is 0 Å². The van der Waals surface area contributed by atoms with Crippen LogP contribution >= 0.6 is 0 Å². The normalized spacial score (nSPS) is 31.4.